The van der Waals surface area contributed by atoms with Gasteiger partial charge < -0.3 is 9.84 Å². The van der Waals surface area contributed by atoms with Crippen LogP contribution in [0.3, 0.4) is 0 Å². The molecule has 1 heterocycles. The van der Waals surface area contributed by atoms with E-state index in [1.807, 2.05) is 79.7 Å². The van der Waals surface area contributed by atoms with Crippen LogP contribution in [0.4, 0.5) is 13.2 Å². The van der Waals surface area contributed by atoms with Gasteiger partial charge in [0.15, 0.2) is 0 Å². The summed E-state index contributed by atoms with van der Waals surface area (Å²) in [6.07, 6.45) is -1.03. The van der Waals surface area contributed by atoms with E-state index in [1.165, 1.54) is 12.1 Å². The zero-order chi connectivity index (χ0) is 31.3. The first-order valence-corrected chi connectivity index (χ1v) is 15.6. The summed E-state index contributed by atoms with van der Waals surface area (Å²) in [4.78, 5) is 12.8. The second kappa shape index (κ2) is 13.7. The predicted molar refractivity (Wildman–Crippen MR) is 176 cm³/mol. The van der Waals surface area contributed by atoms with Gasteiger partial charge in [-0.3, -0.25) is 10.1 Å². The lowest BCUT2D eigenvalue weighted by atomic mass is 9.79. The maximum atomic E-state index is 14.6. The van der Waals surface area contributed by atoms with Crippen LogP contribution in [0.15, 0.2) is 91.0 Å². The maximum Gasteiger partial charge on any atom is 0.416 e. The minimum absolute atomic E-state index is 0.0110. The van der Waals surface area contributed by atoms with Crippen molar-refractivity contribution in [2.24, 2.45) is 0 Å². The quantitative estimate of drug-likeness (QED) is 0.134. The number of rotatable bonds is 9. The van der Waals surface area contributed by atoms with Crippen molar-refractivity contribution in [1.82, 2.24) is 5.32 Å². The van der Waals surface area contributed by atoms with Gasteiger partial charge in [0.05, 0.1) is 12.2 Å². The number of alkyl halides is 3. The largest absolute Gasteiger partial charge is 0.480 e. The summed E-state index contributed by atoms with van der Waals surface area (Å²) in [5, 5.41) is 13.5. The van der Waals surface area contributed by atoms with Crippen LogP contribution in [0, 0.1) is 10.5 Å². The Hall–Kier alpha value is -3.47. The molecule has 0 spiro atoms. The number of ether oxygens (including phenoxy) is 1. The normalized spacial score (nSPS) is 17.9. The van der Waals surface area contributed by atoms with Gasteiger partial charge >= 0.3 is 12.1 Å². The molecule has 0 amide bonds. The van der Waals surface area contributed by atoms with Gasteiger partial charge in [-0.25, -0.2) is 0 Å². The fourth-order valence-corrected chi connectivity index (χ4v) is 6.37. The molecule has 1 aliphatic rings. The molecular weight excluding hydrogens is 678 g/mol. The van der Waals surface area contributed by atoms with E-state index in [-0.39, 0.29) is 24.2 Å². The third-order valence-corrected chi connectivity index (χ3v) is 9.27. The summed E-state index contributed by atoms with van der Waals surface area (Å²) >= 11 is 2.17. The van der Waals surface area contributed by atoms with Crippen LogP contribution in [0.2, 0.25) is 0 Å². The van der Waals surface area contributed by atoms with E-state index >= 15 is 0 Å². The van der Waals surface area contributed by atoms with E-state index in [1.54, 1.807) is 12.1 Å². The van der Waals surface area contributed by atoms with Crippen molar-refractivity contribution in [3.05, 3.63) is 128 Å². The Morgan fingerprint density at radius 1 is 0.977 bits per heavy atom. The first-order chi connectivity index (χ1) is 21.1. The van der Waals surface area contributed by atoms with Crippen LogP contribution in [0.25, 0.3) is 23.3 Å². The molecule has 0 aliphatic carbocycles. The van der Waals surface area contributed by atoms with Crippen LogP contribution >= 0.6 is 22.6 Å². The van der Waals surface area contributed by atoms with Gasteiger partial charge in [-0.05, 0) is 106 Å². The predicted octanol–water partition coefficient (Wildman–Crippen LogP) is 9.31. The summed E-state index contributed by atoms with van der Waals surface area (Å²) in [5.41, 5.74) is 2.37. The highest BCUT2D eigenvalue weighted by Gasteiger charge is 2.49. The molecule has 0 aromatic heterocycles. The summed E-state index contributed by atoms with van der Waals surface area (Å²) in [5.74, 6) is -1.14. The number of hydrogen-bond acceptors (Lipinski definition) is 3. The number of nitrogens with one attached hydrogen (secondary N) is 1. The van der Waals surface area contributed by atoms with Crippen molar-refractivity contribution in [3.8, 4) is 11.1 Å². The maximum absolute atomic E-state index is 14.6. The molecule has 5 rings (SSSR count). The second-order valence-corrected chi connectivity index (χ2v) is 12.2. The van der Waals surface area contributed by atoms with E-state index in [0.717, 1.165) is 43.9 Å². The van der Waals surface area contributed by atoms with Crippen molar-refractivity contribution in [3.63, 3.8) is 0 Å². The molecular formula is C36H33F3INO3. The Kier molecular flexibility index (Phi) is 9.92. The van der Waals surface area contributed by atoms with Crippen LogP contribution in [-0.4, -0.2) is 23.2 Å². The summed E-state index contributed by atoms with van der Waals surface area (Å²) in [6, 6.07) is 27.1. The highest BCUT2D eigenvalue weighted by molar-refractivity contribution is 14.1. The molecule has 1 fully saturated rings. The lowest BCUT2D eigenvalue weighted by Gasteiger charge is -2.41. The molecule has 1 aliphatic heterocycles. The zero-order valence-corrected chi connectivity index (χ0v) is 26.4. The monoisotopic (exact) mass is 711 g/mol. The fraction of sp³-hybridized carbons (Fsp3) is 0.250. The van der Waals surface area contributed by atoms with Crippen molar-refractivity contribution in [1.29, 1.82) is 0 Å². The van der Waals surface area contributed by atoms with E-state index in [2.05, 4.69) is 27.9 Å². The molecule has 4 aromatic carbocycles. The average Bonchev–Trinajstić information content (AvgIpc) is 3.02. The Morgan fingerprint density at radius 3 is 2.39 bits per heavy atom. The smallest absolute Gasteiger partial charge is 0.416 e. The summed E-state index contributed by atoms with van der Waals surface area (Å²) in [6.45, 7) is 2.44. The number of hydrogen-bond donors (Lipinski definition) is 2. The Morgan fingerprint density at radius 2 is 1.70 bits per heavy atom. The first-order valence-electron chi connectivity index (χ1n) is 14.5. The van der Waals surface area contributed by atoms with Crippen molar-refractivity contribution >= 4 is 40.7 Å². The van der Waals surface area contributed by atoms with Gasteiger partial charge in [0, 0.05) is 3.57 Å². The zero-order valence-electron chi connectivity index (χ0n) is 24.2. The fourth-order valence-electron chi connectivity index (χ4n) is 5.83. The van der Waals surface area contributed by atoms with E-state index < -0.39 is 29.4 Å². The van der Waals surface area contributed by atoms with Crippen LogP contribution < -0.4 is 5.32 Å². The van der Waals surface area contributed by atoms with Crippen LogP contribution in [0.1, 0.15) is 58.7 Å². The minimum Gasteiger partial charge on any atom is -0.480 e. The van der Waals surface area contributed by atoms with Crippen molar-refractivity contribution in [2.45, 2.75) is 50.6 Å². The third-order valence-electron chi connectivity index (χ3n) is 8.22. The van der Waals surface area contributed by atoms with Gasteiger partial charge in [-0.1, -0.05) is 91.0 Å². The number of aliphatic carboxylic acids is 1. The highest BCUT2D eigenvalue weighted by Crippen LogP contribution is 2.41. The molecule has 8 heteroatoms. The second-order valence-electron chi connectivity index (χ2n) is 11.0. The molecule has 2 atom stereocenters. The molecule has 2 N–H and O–H groups in total. The van der Waals surface area contributed by atoms with Crippen molar-refractivity contribution < 1.29 is 27.8 Å². The molecule has 4 aromatic rings. The minimum atomic E-state index is -4.67. The van der Waals surface area contributed by atoms with E-state index in [0.29, 0.717) is 13.0 Å². The van der Waals surface area contributed by atoms with Crippen LogP contribution in [0.5, 0.6) is 0 Å². The van der Waals surface area contributed by atoms with Gasteiger partial charge in [0.25, 0.3) is 0 Å². The number of piperidine rings is 1. The standard InChI is InChI=1S/C36H33F3INO3/c1-24-25(13-9-14-30(24)26-10-3-2-4-11-26)16-17-27-18-19-28(22-31(27)36(37,38)39)33(35(34(42)43)20-7-8-21-41-35)44-23-29-12-5-6-15-32(29)40/h2-6,9-19,22,33,41H,7-8,20-21,23H2,1H3,(H,42,43). The van der Waals surface area contributed by atoms with Crippen LogP contribution in [-0.2, 0) is 22.3 Å². The van der Waals surface area contributed by atoms with Gasteiger partial charge in [0.1, 0.15) is 11.6 Å². The summed E-state index contributed by atoms with van der Waals surface area (Å²) in [7, 11) is 0. The topological polar surface area (TPSA) is 58.6 Å². The first kappa shape index (κ1) is 31.9. The molecule has 0 bridgehead atoms. The Bertz CT molecular complexity index is 1650. The van der Waals surface area contributed by atoms with Gasteiger partial charge in [0.2, 0.25) is 0 Å². The van der Waals surface area contributed by atoms with Gasteiger partial charge in [-0.2, -0.15) is 13.2 Å². The highest BCUT2D eigenvalue weighted by atomic mass is 127. The van der Waals surface area contributed by atoms with Crippen molar-refractivity contribution in [2.75, 3.05) is 6.54 Å². The molecule has 228 valence electrons. The molecule has 0 radical (unpaired) electrons. The summed E-state index contributed by atoms with van der Waals surface area (Å²) < 4.78 is 50.9. The Labute approximate surface area is 269 Å². The molecule has 2 unspecified atom stereocenters. The third kappa shape index (κ3) is 6.92. The van der Waals surface area contributed by atoms with E-state index in [4.69, 9.17) is 4.74 Å². The Balaban J connectivity index is 1.54. The number of carboxylic acids is 1. The number of carbonyl (C=O) groups is 1. The number of halogens is 4. The molecule has 1 saturated heterocycles. The molecule has 4 nitrogen and oxygen atoms in total. The molecule has 0 saturated carbocycles. The average molecular weight is 712 g/mol. The SMILES string of the molecule is Cc1c(C=Cc2ccc(C(OCc3ccccc3I)C3(C(=O)O)CCCCN3)cc2C(F)(F)F)cccc1-c1ccccc1. The van der Waals surface area contributed by atoms with E-state index in [9.17, 15) is 23.1 Å². The number of benzene rings is 4. The number of carboxylic acid groups (broad SMARTS) is 1. The van der Waals surface area contributed by atoms with Gasteiger partial charge in [-0.15, -0.1) is 0 Å². The lowest BCUT2D eigenvalue weighted by molar-refractivity contribution is -0.156. The molecule has 44 heavy (non-hydrogen) atoms. The lowest BCUT2D eigenvalue weighted by Crippen LogP contribution is -2.59.